The average molecular weight is 274 g/mol. The minimum Gasteiger partial charge on any atom is -0.402 e. The van der Waals surface area contributed by atoms with Gasteiger partial charge in [-0.05, 0) is 30.2 Å². The average Bonchev–Trinajstić information content (AvgIpc) is 2.46. The summed E-state index contributed by atoms with van der Waals surface area (Å²) in [5, 5.41) is 0. The second-order valence-electron chi connectivity index (χ2n) is 5.04. The highest BCUT2D eigenvalue weighted by atomic mass is 15.1. The topological polar surface area (TPSA) is 67.6 Å². The molecule has 0 saturated heterocycles. The van der Waals surface area contributed by atoms with Crippen LogP contribution in [0.5, 0.6) is 0 Å². The zero-order valence-electron chi connectivity index (χ0n) is 12.9. The van der Waals surface area contributed by atoms with Crippen LogP contribution in [0.2, 0.25) is 0 Å². The van der Waals surface area contributed by atoms with Crippen LogP contribution < -0.4 is 16.4 Å². The van der Waals surface area contributed by atoms with E-state index >= 15 is 0 Å². The number of hydrogen-bond acceptors (Lipinski definition) is 4. The van der Waals surface area contributed by atoms with Crippen LogP contribution >= 0.6 is 0 Å². The van der Waals surface area contributed by atoms with Gasteiger partial charge < -0.3 is 16.4 Å². The fourth-order valence-corrected chi connectivity index (χ4v) is 2.02. The second kappa shape index (κ2) is 7.70. The van der Waals surface area contributed by atoms with Gasteiger partial charge in [-0.2, -0.15) is 0 Å². The lowest BCUT2D eigenvalue weighted by Gasteiger charge is -2.14. The van der Waals surface area contributed by atoms with Crippen molar-refractivity contribution in [1.82, 2.24) is 0 Å². The van der Waals surface area contributed by atoms with Gasteiger partial charge in [-0.1, -0.05) is 19.1 Å². The van der Waals surface area contributed by atoms with E-state index in [1.165, 1.54) is 0 Å². The molecule has 4 heteroatoms. The Morgan fingerprint density at radius 2 is 1.90 bits per heavy atom. The molecule has 1 atom stereocenters. The van der Waals surface area contributed by atoms with E-state index in [9.17, 15) is 0 Å². The van der Waals surface area contributed by atoms with E-state index in [2.05, 4.69) is 41.1 Å². The van der Waals surface area contributed by atoms with Crippen LogP contribution in [0.4, 0.5) is 5.69 Å². The molecular formula is C16H26N4. The van der Waals surface area contributed by atoms with Crippen molar-refractivity contribution >= 4 is 11.4 Å². The lowest BCUT2D eigenvalue weighted by atomic mass is 10.00. The fourth-order valence-electron chi connectivity index (χ4n) is 2.02. The molecule has 1 rings (SSSR count). The van der Waals surface area contributed by atoms with Gasteiger partial charge in [-0.3, -0.25) is 4.99 Å². The molecule has 0 radical (unpaired) electrons. The van der Waals surface area contributed by atoms with Crippen molar-refractivity contribution in [2.45, 2.75) is 13.3 Å². The minimum atomic E-state index is 0.216. The third kappa shape index (κ3) is 4.10. The third-order valence-corrected chi connectivity index (χ3v) is 3.47. The minimum absolute atomic E-state index is 0.216. The second-order valence-corrected chi connectivity index (χ2v) is 5.04. The van der Waals surface area contributed by atoms with E-state index < -0.39 is 0 Å². The summed E-state index contributed by atoms with van der Waals surface area (Å²) in [7, 11) is 5.83. The molecule has 20 heavy (non-hydrogen) atoms. The molecule has 0 fully saturated rings. The first kappa shape index (κ1) is 16.2. The summed E-state index contributed by atoms with van der Waals surface area (Å²) in [6.07, 6.45) is 2.88. The van der Waals surface area contributed by atoms with Gasteiger partial charge in [0.25, 0.3) is 0 Å². The van der Waals surface area contributed by atoms with Crippen molar-refractivity contribution in [2.75, 3.05) is 32.6 Å². The molecule has 0 aliphatic carbocycles. The Morgan fingerprint density at radius 3 is 2.30 bits per heavy atom. The number of benzene rings is 1. The van der Waals surface area contributed by atoms with Gasteiger partial charge in [0, 0.05) is 45.0 Å². The van der Waals surface area contributed by atoms with Gasteiger partial charge >= 0.3 is 0 Å². The summed E-state index contributed by atoms with van der Waals surface area (Å²) in [5.74, 6) is 0.216. The van der Waals surface area contributed by atoms with E-state index in [0.717, 1.165) is 29.1 Å². The van der Waals surface area contributed by atoms with E-state index in [1.54, 1.807) is 7.05 Å². The normalized spacial score (nSPS) is 14.2. The van der Waals surface area contributed by atoms with Crippen molar-refractivity contribution in [3.63, 3.8) is 0 Å². The SMILES string of the molecule is CCC(CN)/C(N)=C/C(=NC)c1ccc(N(C)C)cc1. The summed E-state index contributed by atoms with van der Waals surface area (Å²) in [4.78, 5) is 6.40. The Balaban J connectivity index is 3.00. The lowest BCUT2D eigenvalue weighted by Crippen LogP contribution is -2.21. The number of allylic oxidation sites excluding steroid dienone is 1. The van der Waals surface area contributed by atoms with E-state index in [0.29, 0.717) is 6.54 Å². The molecule has 1 aromatic rings. The molecule has 0 amide bonds. The molecule has 1 aromatic carbocycles. The van der Waals surface area contributed by atoms with Gasteiger partial charge in [-0.15, -0.1) is 0 Å². The molecule has 0 bridgehead atoms. The van der Waals surface area contributed by atoms with Crippen LogP contribution in [0.1, 0.15) is 18.9 Å². The molecule has 0 aliphatic heterocycles. The zero-order valence-corrected chi connectivity index (χ0v) is 12.9. The molecule has 1 unspecified atom stereocenters. The van der Waals surface area contributed by atoms with E-state index in [1.807, 2.05) is 20.2 Å². The first-order valence-electron chi connectivity index (χ1n) is 6.95. The smallest absolute Gasteiger partial charge is 0.0660 e. The number of nitrogens with two attached hydrogens (primary N) is 2. The highest BCUT2D eigenvalue weighted by molar-refractivity contribution is 6.09. The molecule has 0 aromatic heterocycles. The van der Waals surface area contributed by atoms with Gasteiger partial charge in [0.1, 0.15) is 0 Å². The summed E-state index contributed by atoms with van der Waals surface area (Å²) >= 11 is 0. The van der Waals surface area contributed by atoms with Crippen molar-refractivity contribution in [3.8, 4) is 0 Å². The van der Waals surface area contributed by atoms with Crippen molar-refractivity contribution in [3.05, 3.63) is 41.6 Å². The molecule has 4 N–H and O–H groups in total. The Labute approximate surface area is 122 Å². The number of aliphatic imine (C=N–C) groups is 1. The molecule has 0 heterocycles. The fraction of sp³-hybridized carbons (Fsp3) is 0.438. The molecule has 0 aliphatic rings. The standard InChI is InChI=1S/C16H26N4/c1-5-12(11-17)15(18)10-16(19-2)13-6-8-14(9-7-13)20(3)4/h6-10,12H,5,11,17-18H2,1-4H3/b15-10-,19-16?. The molecule has 0 saturated carbocycles. The zero-order chi connectivity index (χ0) is 15.1. The summed E-state index contributed by atoms with van der Waals surface area (Å²) in [6.45, 7) is 2.66. The Kier molecular flexibility index (Phi) is 6.25. The van der Waals surface area contributed by atoms with Crippen LogP contribution in [0, 0.1) is 5.92 Å². The maximum atomic E-state index is 6.12. The maximum absolute atomic E-state index is 6.12. The first-order chi connectivity index (χ1) is 9.53. The predicted octanol–water partition coefficient (Wildman–Crippen LogP) is 2.00. The molecule has 4 nitrogen and oxygen atoms in total. The Morgan fingerprint density at radius 1 is 1.30 bits per heavy atom. The monoisotopic (exact) mass is 274 g/mol. The lowest BCUT2D eigenvalue weighted by molar-refractivity contribution is 0.598. The molecule has 110 valence electrons. The van der Waals surface area contributed by atoms with Crippen molar-refractivity contribution in [1.29, 1.82) is 0 Å². The first-order valence-corrected chi connectivity index (χ1v) is 6.95. The highest BCUT2D eigenvalue weighted by Gasteiger charge is 2.09. The Hall–Kier alpha value is -1.81. The number of rotatable bonds is 6. The highest BCUT2D eigenvalue weighted by Crippen LogP contribution is 2.15. The van der Waals surface area contributed by atoms with Gasteiger partial charge in [0.2, 0.25) is 0 Å². The number of anilines is 1. The Bertz CT molecular complexity index is 468. The van der Waals surface area contributed by atoms with E-state index in [4.69, 9.17) is 11.5 Å². The molecular weight excluding hydrogens is 248 g/mol. The van der Waals surface area contributed by atoms with Crippen molar-refractivity contribution in [2.24, 2.45) is 22.4 Å². The quantitative estimate of drug-likeness (QED) is 0.780. The van der Waals surface area contributed by atoms with Crippen LogP contribution in [0.15, 0.2) is 41.0 Å². The summed E-state index contributed by atoms with van der Waals surface area (Å²) < 4.78 is 0. The molecule has 0 spiro atoms. The largest absolute Gasteiger partial charge is 0.402 e. The summed E-state index contributed by atoms with van der Waals surface area (Å²) in [6, 6.07) is 8.27. The van der Waals surface area contributed by atoms with Crippen LogP contribution in [-0.4, -0.2) is 33.4 Å². The number of nitrogens with zero attached hydrogens (tertiary/aromatic N) is 2. The van der Waals surface area contributed by atoms with Crippen LogP contribution in [0.3, 0.4) is 0 Å². The number of hydrogen-bond donors (Lipinski definition) is 2. The summed E-state index contributed by atoms with van der Waals surface area (Å²) in [5.41, 5.74) is 15.8. The van der Waals surface area contributed by atoms with Crippen molar-refractivity contribution < 1.29 is 0 Å². The third-order valence-electron chi connectivity index (χ3n) is 3.47. The van der Waals surface area contributed by atoms with Crippen LogP contribution in [0.25, 0.3) is 0 Å². The van der Waals surface area contributed by atoms with Gasteiger partial charge in [0.15, 0.2) is 0 Å². The predicted molar refractivity (Wildman–Crippen MR) is 88.3 cm³/mol. The van der Waals surface area contributed by atoms with Gasteiger partial charge in [0.05, 0.1) is 5.71 Å². The van der Waals surface area contributed by atoms with Gasteiger partial charge in [-0.25, -0.2) is 0 Å². The van der Waals surface area contributed by atoms with E-state index in [-0.39, 0.29) is 5.92 Å². The van der Waals surface area contributed by atoms with Crippen LogP contribution in [-0.2, 0) is 0 Å². The maximum Gasteiger partial charge on any atom is 0.0660 e.